The first-order chi connectivity index (χ1) is 15.4. The second-order valence-corrected chi connectivity index (χ2v) is 9.47. The molecule has 0 amide bonds. The summed E-state index contributed by atoms with van der Waals surface area (Å²) in [5, 5.41) is 9.19. The van der Waals surface area contributed by atoms with E-state index in [1.165, 1.54) is 16.3 Å². The van der Waals surface area contributed by atoms with Gasteiger partial charge in [-0.1, -0.05) is 68.5 Å². The molecule has 2 aromatic carbocycles. The van der Waals surface area contributed by atoms with Crippen LogP contribution >= 0.6 is 0 Å². The van der Waals surface area contributed by atoms with Crippen molar-refractivity contribution < 1.29 is 9.59 Å². The normalized spacial score (nSPS) is 22.1. The molecule has 0 aromatic heterocycles. The molecule has 2 aromatic rings. The third kappa shape index (κ3) is 7.11. The maximum atomic E-state index is 12.5. The van der Waals surface area contributed by atoms with Gasteiger partial charge in [0.15, 0.2) is 5.78 Å². The molecule has 0 aliphatic heterocycles. The highest BCUT2D eigenvalue weighted by atomic mass is 16.1. The second-order valence-electron chi connectivity index (χ2n) is 9.47. The molecular weight excluding hydrogens is 396 g/mol. The summed E-state index contributed by atoms with van der Waals surface area (Å²) in [6.07, 6.45) is 8.31. The Morgan fingerprint density at radius 3 is 2.72 bits per heavy atom. The van der Waals surface area contributed by atoms with Crippen molar-refractivity contribution in [2.75, 3.05) is 19.6 Å². The molecule has 0 saturated heterocycles. The summed E-state index contributed by atoms with van der Waals surface area (Å²) in [7, 11) is 0. The molecule has 4 atom stereocenters. The summed E-state index contributed by atoms with van der Waals surface area (Å²) >= 11 is 0. The average molecular weight is 435 g/mol. The second kappa shape index (κ2) is 12.1. The number of nitrogens with one attached hydrogen (secondary N) is 2. The molecule has 0 radical (unpaired) electrons. The molecule has 1 aliphatic rings. The minimum atomic E-state index is -0.0817. The number of ketones is 2. The summed E-state index contributed by atoms with van der Waals surface area (Å²) in [5.74, 6) is 1.58. The lowest BCUT2D eigenvalue weighted by Crippen LogP contribution is -2.39. The third-order valence-electron chi connectivity index (χ3n) is 6.54. The number of rotatable bonds is 12. The van der Waals surface area contributed by atoms with Crippen molar-refractivity contribution in [2.45, 2.75) is 52.5 Å². The van der Waals surface area contributed by atoms with E-state index in [4.69, 9.17) is 0 Å². The number of carbonyl (C=O) groups is 2. The minimum Gasteiger partial charge on any atom is -0.310 e. The summed E-state index contributed by atoms with van der Waals surface area (Å²) in [4.78, 5) is 23.5. The fourth-order valence-electron chi connectivity index (χ4n) is 4.61. The number of hydrogen-bond acceptors (Lipinski definition) is 4. The smallest absolute Gasteiger partial charge is 0.150 e. The number of benzene rings is 2. The Hall–Kier alpha value is -2.30. The van der Waals surface area contributed by atoms with E-state index >= 15 is 0 Å². The number of Topliss-reactive ketones (excluding diaryl/α,β-unsaturated/α-hetero) is 2. The number of aryl methyl sites for hydroxylation is 1. The van der Waals surface area contributed by atoms with E-state index in [1.54, 1.807) is 6.92 Å². The van der Waals surface area contributed by atoms with Gasteiger partial charge in [0.1, 0.15) is 5.78 Å². The average Bonchev–Trinajstić information content (AvgIpc) is 3.04. The van der Waals surface area contributed by atoms with E-state index in [1.807, 2.05) is 0 Å². The maximum Gasteiger partial charge on any atom is 0.150 e. The summed E-state index contributed by atoms with van der Waals surface area (Å²) in [5.41, 5.74) is 1.38. The van der Waals surface area contributed by atoms with Gasteiger partial charge in [-0.15, -0.1) is 0 Å². The van der Waals surface area contributed by atoms with Crippen LogP contribution in [0.1, 0.15) is 45.6 Å². The summed E-state index contributed by atoms with van der Waals surface area (Å²) in [6.45, 7) is 8.03. The lowest BCUT2D eigenvalue weighted by Gasteiger charge is -2.20. The molecule has 0 spiro atoms. The maximum absolute atomic E-state index is 12.5. The predicted molar refractivity (Wildman–Crippen MR) is 133 cm³/mol. The van der Waals surface area contributed by atoms with Gasteiger partial charge in [0.2, 0.25) is 0 Å². The van der Waals surface area contributed by atoms with Gasteiger partial charge in [-0.05, 0) is 67.4 Å². The van der Waals surface area contributed by atoms with E-state index in [0.29, 0.717) is 30.6 Å². The molecule has 0 bridgehead atoms. The molecule has 4 heteroatoms. The van der Waals surface area contributed by atoms with Crippen LogP contribution in [0, 0.1) is 17.8 Å². The number of carbonyl (C=O) groups excluding carboxylic acids is 2. The molecule has 3 rings (SSSR count). The van der Waals surface area contributed by atoms with Gasteiger partial charge in [-0.2, -0.15) is 0 Å². The van der Waals surface area contributed by atoms with Crippen molar-refractivity contribution in [3.63, 3.8) is 0 Å². The van der Waals surface area contributed by atoms with Gasteiger partial charge in [0.25, 0.3) is 0 Å². The Morgan fingerprint density at radius 1 is 1.16 bits per heavy atom. The lowest BCUT2D eigenvalue weighted by molar-refractivity contribution is -0.119. The van der Waals surface area contributed by atoms with Crippen molar-refractivity contribution in [2.24, 2.45) is 17.8 Å². The van der Waals surface area contributed by atoms with Crippen molar-refractivity contribution >= 4 is 22.3 Å². The zero-order valence-corrected chi connectivity index (χ0v) is 19.8. The van der Waals surface area contributed by atoms with Crippen molar-refractivity contribution in [3.8, 4) is 0 Å². The molecular formula is C28H38N2O2. The first-order valence-corrected chi connectivity index (χ1v) is 12.1. The molecule has 1 aliphatic carbocycles. The zero-order valence-electron chi connectivity index (χ0n) is 19.8. The van der Waals surface area contributed by atoms with Gasteiger partial charge < -0.3 is 10.6 Å². The van der Waals surface area contributed by atoms with Crippen molar-refractivity contribution in [1.29, 1.82) is 0 Å². The van der Waals surface area contributed by atoms with Gasteiger partial charge >= 0.3 is 0 Å². The zero-order chi connectivity index (χ0) is 22.9. The monoisotopic (exact) mass is 434 g/mol. The molecule has 0 heterocycles. The molecule has 1 saturated carbocycles. The first kappa shape index (κ1) is 24.3. The van der Waals surface area contributed by atoms with Crippen LogP contribution in [0.3, 0.4) is 0 Å². The number of hydrogen-bond donors (Lipinski definition) is 2. The Morgan fingerprint density at radius 2 is 1.94 bits per heavy atom. The van der Waals surface area contributed by atoms with Crippen molar-refractivity contribution in [1.82, 2.24) is 10.6 Å². The van der Waals surface area contributed by atoms with E-state index in [9.17, 15) is 9.59 Å². The van der Waals surface area contributed by atoms with E-state index < -0.39 is 0 Å². The Balaban J connectivity index is 1.47. The van der Waals surface area contributed by atoms with Crippen LogP contribution in [0.2, 0.25) is 0 Å². The molecule has 1 unspecified atom stereocenters. The van der Waals surface area contributed by atoms with Crippen LogP contribution < -0.4 is 10.6 Å². The molecule has 1 fully saturated rings. The van der Waals surface area contributed by atoms with E-state index in [0.717, 1.165) is 32.4 Å². The highest BCUT2D eigenvalue weighted by Crippen LogP contribution is 2.31. The Kier molecular flexibility index (Phi) is 9.19. The number of fused-ring (bicyclic) bond motifs is 1. The summed E-state index contributed by atoms with van der Waals surface area (Å²) < 4.78 is 0. The largest absolute Gasteiger partial charge is 0.310 e. The van der Waals surface area contributed by atoms with Gasteiger partial charge in [-0.3, -0.25) is 9.59 Å². The topological polar surface area (TPSA) is 58.2 Å². The predicted octanol–water partition coefficient (Wildman–Crippen LogP) is 4.72. The SMILES string of the molecule is CC(=O)CNCCCN[C@H]1C(=O)C[C@@H](C)[C@@H]1/C=C/C(C)CCc1ccc2ccccc2c1. The van der Waals surface area contributed by atoms with Crippen LogP contribution in [-0.2, 0) is 16.0 Å². The van der Waals surface area contributed by atoms with Crippen LogP contribution in [0.25, 0.3) is 10.8 Å². The van der Waals surface area contributed by atoms with Gasteiger partial charge in [0, 0.05) is 12.3 Å². The fourth-order valence-corrected chi connectivity index (χ4v) is 4.61. The van der Waals surface area contributed by atoms with Crippen molar-refractivity contribution in [3.05, 3.63) is 60.2 Å². The van der Waals surface area contributed by atoms with Gasteiger partial charge in [0.05, 0.1) is 12.6 Å². The van der Waals surface area contributed by atoms with Crippen LogP contribution in [0.4, 0.5) is 0 Å². The first-order valence-electron chi connectivity index (χ1n) is 12.1. The fraction of sp³-hybridized carbons (Fsp3) is 0.500. The van der Waals surface area contributed by atoms with E-state index in [2.05, 4.69) is 79.1 Å². The van der Waals surface area contributed by atoms with Gasteiger partial charge in [-0.25, -0.2) is 0 Å². The molecule has 2 N–H and O–H groups in total. The summed E-state index contributed by atoms with van der Waals surface area (Å²) in [6, 6.07) is 15.2. The molecule has 4 nitrogen and oxygen atoms in total. The number of allylic oxidation sites excluding steroid dienone is 1. The quantitative estimate of drug-likeness (QED) is 0.375. The molecule has 32 heavy (non-hydrogen) atoms. The van der Waals surface area contributed by atoms with Crippen LogP contribution in [0.15, 0.2) is 54.6 Å². The van der Waals surface area contributed by atoms with Crippen LogP contribution in [0.5, 0.6) is 0 Å². The minimum absolute atomic E-state index is 0.0817. The van der Waals surface area contributed by atoms with Crippen LogP contribution in [-0.4, -0.2) is 37.2 Å². The Labute approximate surface area is 192 Å². The highest BCUT2D eigenvalue weighted by molar-refractivity contribution is 5.87. The third-order valence-corrected chi connectivity index (χ3v) is 6.54. The molecule has 172 valence electrons. The lowest BCUT2D eigenvalue weighted by atomic mass is 9.92. The van der Waals surface area contributed by atoms with E-state index in [-0.39, 0.29) is 17.7 Å². The Bertz CT molecular complexity index is 936. The highest BCUT2D eigenvalue weighted by Gasteiger charge is 2.37. The standard InChI is InChI=1S/C28H38N2O2/c1-20(9-11-23-12-13-24-7-4-5-8-25(24)18-23)10-14-26-21(2)17-27(32)28(26)30-16-6-15-29-19-22(3)31/h4-5,7-8,10,12-14,18,20-21,26,28-30H,6,9,11,15-17,19H2,1-3H3/b14-10+/t20?,21-,26+,28-/m1/s1.